The van der Waals surface area contributed by atoms with Gasteiger partial charge in [0.25, 0.3) is 10.0 Å². The number of hydrogen-bond donors (Lipinski definition) is 3. The maximum atomic E-state index is 13.4. The van der Waals surface area contributed by atoms with E-state index in [2.05, 4.69) is 24.7 Å². The molecule has 3 aromatic carbocycles. The first kappa shape index (κ1) is 28.5. The fraction of sp³-hybridized carbons (Fsp3) is 0.200. The van der Waals surface area contributed by atoms with E-state index < -0.39 is 20.0 Å². The van der Waals surface area contributed by atoms with E-state index in [1.165, 1.54) is 25.3 Å². The van der Waals surface area contributed by atoms with Crippen molar-refractivity contribution in [1.82, 2.24) is 19.6 Å². The third-order valence-electron chi connectivity index (χ3n) is 5.51. The lowest BCUT2D eigenvalue weighted by Gasteiger charge is -2.15. The molecule has 0 atom stereocenters. The average molecular weight is 591 g/mol. The standard InChI is InChI=1S/C25H27ClN6O5S2/c1-32(2)14-13-27-38(33,34)18-7-6-8-19(16-18)39(35,36)31-25-24(28-21-9-4-5-10-22(21)29-25)30-23-15-17(37-3)11-12-20(23)26/h4-12,15-16,27H,13-14H2,1-3H3,(H,28,30)(H,29,31). The van der Waals surface area contributed by atoms with E-state index >= 15 is 0 Å². The number of nitrogens with zero attached hydrogens (tertiary/aromatic N) is 3. The van der Waals surface area contributed by atoms with E-state index in [-0.39, 0.29) is 28.0 Å². The van der Waals surface area contributed by atoms with Crippen molar-refractivity contribution in [3.63, 3.8) is 0 Å². The predicted octanol–water partition coefficient (Wildman–Crippen LogP) is 3.68. The summed E-state index contributed by atoms with van der Waals surface area (Å²) in [5.74, 6) is 0.501. The van der Waals surface area contributed by atoms with Crippen molar-refractivity contribution in [2.75, 3.05) is 44.3 Å². The molecule has 0 aliphatic heterocycles. The molecule has 0 fully saturated rings. The molecule has 0 spiro atoms. The maximum absolute atomic E-state index is 13.4. The minimum absolute atomic E-state index is 0.0848. The van der Waals surface area contributed by atoms with E-state index in [4.69, 9.17) is 16.3 Å². The van der Waals surface area contributed by atoms with Gasteiger partial charge < -0.3 is 15.0 Å². The molecule has 0 amide bonds. The highest BCUT2D eigenvalue weighted by atomic mass is 35.5. The van der Waals surface area contributed by atoms with Crippen molar-refractivity contribution in [3.05, 3.63) is 71.8 Å². The highest BCUT2D eigenvalue weighted by Gasteiger charge is 2.22. The van der Waals surface area contributed by atoms with Gasteiger partial charge in [0.1, 0.15) is 5.75 Å². The van der Waals surface area contributed by atoms with Crippen molar-refractivity contribution in [2.45, 2.75) is 9.79 Å². The van der Waals surface area contributed by atoms with Crippen molar-refractivity contribution >= 4 is 60.0 Å². The largest absolute Gasteiger partial charge is 0.497 e. The number of anilines is 3. The number of nitrogens with one attached hydrogen (secondary N) is 3. The quantitative estimate of drug-likeness (QED) is 0.238. The van der Waals surface area contributed by atoms with Gasteiger partial charge in [-0.2, -0.15) is 0 Å². The third kappa shape index (κ3) is 6.94. The highest BCUT2D eigenvalue weighted by molar-refractivity contribution is 7.93. The molecule has 1 aromatic heterocycles. The van der Waals surface area contributed by atoms with Crippen molar-refractivity contribution in [3.8, 4) is 5.75 Å². The number of methoxy groups -OCH3 is 1. The molecule has 14 heteroatoms. The Hall–Kier alpha value is -3.49. The SMILES string of the molecule is COc1ccc(Cl)c(Nc2nc3ccccc3nc2NS(=O)(=O)c2cccc(S(=O)(=O)NCCN(C)C)c2)c1. The van der Waals surface area contributed by atoms with Crippen molar-refractivity contribution in [2.24, 2.45) is 0 Å². The van der Waals surface area contributed by atoms with Crippen LogP contribution in [0, 0.1) is 0 Å². The van der Waals surface area contributed by atoms with Gasteiger partial charge in [0.15, 0.2) is 11.6 Å². The number of sulfonamides is 2. The summed E-state index contributed by atoms with van der Waals surface area (Å²) in [5, 5.41) is 3.37. The van der Waals surface area contributed by atoms with E-state index in [1.54, 1.807) is 42.5 Å². The van der Waals surface area contributed by atoms with Crippen LogP contribution in [-0.4, -0.2) is 66.0 Å². The lowest BCUT2D eigenvalue weighted by atomic mass is 10.3. The van der Waals surface area contributed by atoms with Gasteiger partial charge in [-0.05, 0) is 56.6 Å². The van der Waals surface area contributed by atoms with Crippen LogP contribution in [0.3, 0.4) is 0 Å². The number of benzene rings is 3. The number of halogens is 1. The zero-order valence-corrected chi connectivity index (χ0v) is 23.7. The van der Waals surface area contributed by atoms with Gasteiger partial charge in [-0.25, -0.2) is 31.5 Å². The molecule has 4 aromatic rings. The van der Waals surface area contributed by atoms with E-state index in [0.29, 0.717) is 34.0 Å². The number of hydrogen-bond acceptors (Lipinski definition) is 9. The van der Waals surface area contributed by atoms with Crippen LogP contribution in [0.15, 0.2) is 76.5 Å². The second-order valence-electron chi connectivity index (χ2n) is 8.66. The molecule has 206 valence electrons. The van der Waals surface area contributed by atoms with Crippen LogP contribution in [0.4, 0.5) is 17.3 Å². The van der Waals surface area contributed by atoms with E-state index in [9.17, 15) is 16.8 Å². The molecule has 1 heterocycles. The zero-order valence-electron chi connectivity index (χ0n) is 21.3. The summed E-state index contributed by atoms with van der Waals surface area (Å²) in [6.45, 7) is 0.644. The second kappa shape index (κ2) is 11.7. The molecule has 0 radical (unpaired) electrons. The Morgan fingerprint density at radius 1 is 0.846 bits per heavy atom. The molecule has 39 heavy (non-hydrogen) atoms. The molecule has 0 bridgehead atoms. The van der Waals surface area contributed by atoms with Gasteiger partial charge in [0.2, 0.25) is 10.0 Å². The fourth-order valence-corrected chi connectivity index (χ4v) is 5.86. The van der Waals surface area contributed by atoms with Crippen LogP contribution in [0.25, 0.3) is 11.0 Å². The van der Waals surface area contributed by atoms with Crippen LogP contribution in [0.5, 0.6) is 5.75 Å². The molecular formula is C25H27ClN6O5S2. The Morgan fingerprint density at radius 2 is 1.49 bits per heavy atom. The summed E-state index contributed by atoms with van der Waals surface area (Å²) in [4.78, 5) is 10.4. The zero-order chi connectivity index (χ0) is 28.2. The first-order valence-corrected chi connectivity index (χ1v) is 15.0. The molecule has 0 saturated carbocycles. The van der Waals surface area contributed by atoms with E-state index in [0.717, 1.165) is 6.07 Å². The lowest BCUT2D eigenvalue weighted by Crippen LogP contribution is -2.31. The molecule has 0 unspecified atom stereocenters. The van der Waals surface area contributed by atoms with Crippen LogP contribution in [-0.2, 0) is 20.0 Å². The number of aromatic nitrogens is 2. The van der Waals surface area contributed by atoms with Gasteiger partial charge in [-0.15, -0.1) is 0 Å². The number of fused-ring (bicyclic) bond motifs is 1. The first-order chi connectivity index (χ1) is 18.5. The van der Waals surface area contributed by atoms with Gasteiger partial charge >= 0.3 is 0 Å². The summed E-state index contributed by atoms with van der Waals surface area (Å²) in [6, 6.07) is 16.9. The molecule has 0 aliphatic rings. The minimum Gasteiger partial charge on any atom is -0.497 e. The Bertz CT molecular complexity index is 1720. The summed E-state index contributed by atoms with van der Waals surface area (Å²) in [5.41, 5.74) is 1.37. The number of para-hydroxylation sites is 2. The lowest BCUT2D eigenvalue weighted by molar-refractivity contribution is 0.412. The second-order valence-corrected chi connectivity index (χ2v) is 12.5. The molecule has 0 saturated heterocycles. The van der Waals surface area contributed by atoms with Gasteiger partial charge in [0.05, 0.1) is 38.6 Å². The average Bonchev–Trinajstić information content (AvgIpc) is 2.90. The third-order valence-corrected chi connectivity index (χ3v) is 8.63. The predicted molar refractivity (Wildman–Crippen MR) is 152 cm³/mol. The van der Waals surface area contributed by atoms with Crippen LogP contribution >= 0.6 is 11.6 Å². The van der Waals surface area contributed by atoms with Crippen LogP contribution in [0.1, 0.15) is 0 Å². The van der Waals surface area contributed by atoms with Crippen LogP contribution < -0.4 is 19.5 Å². The smallest absolute Gasteiger partial charge is 0.263 e. The molecular weight excluding hydrogens is 564 g/mol. The minimum atomic E-state index is -4.29. The van der Waals surface area contributed by atoms with Gasteiger partial charge in [-0.1, -0.05) is 29.8 Å². The highest BCUT2D eigenvalue weighted by Crippen LogP contribution is 2.33. The molecule has 11 nitrogen and oxygen atoms in total. The summed E-state index contributed by atoms with van der Waals surface area (Å²) in [6.07, 6.45) is 0. The van der Waals surface area contributed by atoms with Gasteiger partial charge in [-0.3, -0.25) is 4.72 Å². The molecule has 0 aliphatic carbocycles. The number of likely N-dealkylation sites (N-methyl/N-ethyl adjacent to an activating group) is 1. The Morgan fingerprint density at radius 3 is 2.13 bits per heavy atom. The number of rotatable bonds is 11. The van der Waals surface area contributed by atoms with Crippen molar-refractivity contribution in [1.29, 1.82) is 0 Å². The number of ether oxygens (including phenoxy) is 1. The Balaban J connectivity index is 1.70. The van der Waals surface area contributed by atoms with E-state index in [1.807, 2.05) is 19.0 Å². The maximum Gasteiger partial charge on any atom is 0.263 e. The summed E-state index contributed by atoms with van der Waals surface area (Å²) in [7, 11) is -3.09. The molecule has 4 rings (SSSR count). The van der Waals surface area contributed by atoms with Crippen molar-refractivity contribution < 1.29 is 21.6 Å². The Kier molecular flexibility index (Phi) is 8.57. The topological polar surface area (TPSA) is 143 Å². The Labute approximate surface area is 232 Å². The normalized spacial score (nSPS) is 12.0. The summed E-state index contributed by atoms with van der Waals surface area (Å²) < 4.78 is 62.5. The van der Waals surface area contributed by atoms with Crippen LogP contribution in [0.2, 0.25) is 5.02 Å². The summed E-state index contributed by atoms with van der Waals surface area (Å²) >= 11 is 6.35. The molecule has 3 N–H and O–H groups in total. The first-order valence-electron chi connectivity index (χ1n) is 11.6. The monoisotopic (exact) mass is 590 g/mol. The van der Waals surface area contributed by atoms with Gasteiger partial charge in [0, 0.05) is 19.2 Å². The fourth-order valence-electron chi connectivity index (χ4n) is 3.49.